The number of nitrogens with one attached hydrogen (secondary N) is 1. The Morgan fingerprint density at radius 1 is 0.804 bits per heavy atom. The number of rotatable bonds is 14. The first kappa shape index (κ1) is 34.3. The van der Waals surface area contributed by atoms with Crippen LogP contribution in [0, 0.1) is 17.8 Å². The van der Waals surface area contributed by atoms with Crippen molar-refractivity contribution in [3.8, 4) is 0 Å². The van der Waals surface area contributed by atoms with Crippen LogP contribution in [-0.4, -0.2) is 49.3 Å². The molecule has 1 N–H and O–H groups in total. The quantitative estimate of drug-likeness (QED) is 0.205. The fourth-order valence-electron chi connectivity index (χ4n) is 6.79. The van der Waals surface area contributed by atoms with E-state index >= 15 is 0 Å². The van der Waals surface area contributed by atoms with E-state index in [9.17, 15) is 4.79 Å². The van der Waals surface area contributed by atoms with Crippen LogP contribution in [-0.2, 0) is 48.3 Å². The summed E-state index contributed by atoms with van der Waals surface area (Å²) in [6.45, 7) is 9.79. The molecule has 3 aromatic carbocycles. The summed E-state index contributed by atoms with van der Waals surface area (Å²) in [7, 11) is 0. The second-order valence-electron chi connectivity index (χ2n) is 13.3. The fourth-order valence-corrected chi connectivity index (χ4v) is 6.79. The minimum absolute atomic E-state index is 0.00690. The molecule has 3 unspecified atom stereocenters. The molecule has 1 saturated carbocycles. The second kappa shape index (κ2) is 17.2. The highest BCUT2D eigenvalue weighted by atomic mass is 16.7. The van der Waals surface area contributed by atoms with Crippen LogP contribution < -0.4 is 5.32 Å². The van der Waals surface area contributed by atoms with Gasteiger partial charge in [0, 0.05) is 6.92 Å². The first-order valence-corrected chi connectivity index (χ1v) is 16.9. The number of benzene rings is 3. The third-order valence-electron chi connectivity index (χ3n) is 9.25. The Hall–Kier alpha value is -3.07. The van der Waals surface area contributed by atoms with Crippen molar-refractivity contribution in [2.45, 2.75) is 104 Å². The minimum atomic E-state index is -0.733. The average molecular weight is 630 g/mol. The molecular weight excluding hydrogens is 578 g/mol. The van der Waals surface area contributed by atoms with E-state index in [-0.39, 0.29) is 18.6 Å². The molecule has 1 amide bonds. The van der Waals surface area contributed by atoms with Gasteiger partial charge in [0.25, 0.3) is 0 Å². The van der Waals surface area contributed by atoms with E-state index < -0.39 is 30.6 Å². The molecule has 2 aliphatic rings. The van der Waals surface area contributed by atoms with Crippen LogP contribution in [0.2, 0.25) is 0 Å². The molecule has 0 radical (unpaired) electrons. The molecule has 1 aliphatic heterocycles. The van der Waals surface area contributed by atoms with Crippen molar-refractivity contribution in [2.75, 3.05) is 6.61 Å². The second-order valence-corrected chi connectivity index (χ2v) is 13.3. The Morgan fingerprint density at radius 2 is 1.35 bits per heavy atom. The number of hydrogen-bond donors (Lipinski definition) is 1. The van der Waals surface area contributed by atoms with Crippen molar-refractivity contribution in [1.29, 1.82) is 0 Å². The number of ether oxygens (including phenoxy) is 5. The summed E-state index contributed by atoms with van der Waals surface area (Å²) in [5, 5.41) is 3.16. The highest BCUT2D eigenvalue weighted by Crippen LogP contribution is 2.38. The van der Waals surface area contributed by atoms with Crippen LogP contribution in [0.15, 0.2) is 91.0 Å². The lowest BCUT2D eigenvalue weighted by Gasteiger charge is -2.48. The maximum atomic E-state index is 12.7. The summed E-state index contributed by atoms with van der Waals surface area (Å²) in [6.07, 6.45) is 0.933. The van der Waals surface area contributed by atoms with E-state index in [0.29, 0.717) is 37.6 Å². The Labute approximate surface area is 274 Å². The van der Waals surface area contributed by atoms with Crippen molar-refractivity contribution in [2.24, 2.45) is 17.8 Å². The van der Waals surface area contributed by atoms with Gasteiger partial charge in [-0.2, -0.15) is 0 Å². The van der Waals surface area contributed by atoms with Crippen LogP contribution in [0.3, 0.4) is 0 Å². The molecule has 0 spiro atoms. The van der Waals surface area contributed by atoms with E-state index in [4.69, 9.17) is 23.7 Å². The van der Waals surface area contributed by atoms with E-state index in [2.05, 4.69) is 26.1 Å². The van der Waals surface area contributed by atoms with Gasteiger partial charge in [0.2, 0.25) is 5.91 Å². The van der Waals surface area contributed by atoms with Gasteiger partial charge in [-0.05, 0) is 47.3 Å². The van der Waals surface area contributed by atoms with Crippen LogP contribution in [0.25, 0.3) is 0 Å². The molecular formula is C39H51NO6. The van der Waals surface area contributed by atoms with E-state index in [1.807, 2.05) is 91.0 Å². The van der Waals surface area contributed by atoms with Crippen molar-refractivity contribution in [3.05, 3.63) is 108 Å². The van der Waals surface area contributed by atoms with Gasteiger partial charge in [-0.15, -0.1) is 0 Å². The summed E-state index contributed by atoms with van der Waals surface area (Å²) in [5.41, 5.74) is 3.16. The Bertz CT molecular complexity index is 1310. The summed E-state index contributed by atoms with van der Waals surface area (Å²) < 4.78 is 33.5. The summed E-state index contributed by atoms with van der Waals surface area (Å²) in [6, 6.07) is 29.7. The van der Waals surface area contributed by atoms with Crippen molar-refractivity contribution < 1.29 is 28.5 Å². The summed E-state index contributed by atoms with van der Waals surface area (Å²) >= 11 is 0. The SMILES string of the molecule is CC(=O)N[C@H]1[C@H](OC2CC(C)CCC2C(C)C)O[C@H](COCc2ccccc2)[C@H](OCc2ccccc2)[C@@H]1OCc1ccccc1. The van der Waals surface area contributed by atoms with Crippen LogP contribution in [0.5, 0.6) is 0 Å². The molecule has 248 valence electrons. The Kier molecular flexibility index (Phi) is 12.8. The van der Waals surface area contributed by atoms with E-state index in [0.717, 1.165) is 29.5 Å². The fraction of sp³-hybridized carbons (Fsp3) is 0.513. The molecule has 7 heteroatoms. The molecule has 46 heavy (non-hydrogen) atoms. The monoisotopic (exact) mass is 629 g/mol. The van der Waals surface area contributed by atoms with Gasteiger partial charge in [0.05, 0.1) is 32.5 Å². The summed E-state index contributed by atoms with van der Waals surface area (Å²) in [4.78, 5) is 12.7. The zero-order chi connectivity index (χ0) is 32.3. The molecule has 3 aromatic rings. The van der Waals surface area contributed by atoms with Crippen molar-refractivity contribution in [1.82, 2.24) is 5.32 Å². The van der Waals surface area contributed by atoms with Crippen molar-refractivity contribution >= 4 is 5.91 Å². The third kappa shape index (κ3) is 9.72. The first-order valence-electron chi connectivity index (χ1n) is 16.9. The lowest BCUT2D eigenvalue weighted by molar-refractivity contribution is -0.306. The van der Waals surface area contributed by atoms with Crippen LogP contribution in [0.1, 0.15) is 63.6 Å². The largest absolute Gasteiger partial charge is 0.374 e. The van der Waals surface area contributed by atoms with Gasteiger partial charge >= 0.3 is 0 Å². The smallest absolute Gasteiger partial charge is 0.217 e. The number of amides is 1. The lowest BCUT2D eigenvalue weighted by Crippen LogP contribution is -2.66. The standard InChI is InChI=1S/C39H51NO6/c1-27(2)33-21-20-28(3)22-34(33)45-39-36(40-29(4)41)38(44-25-32-18-12-7-13-19-32)37(43-24-31-16-10-6-11-17-31)35(46-39)26-42-23-30-14-8-5-9-15-30/h5-19,27-28,33-39H,20-26H2,1-4H3,(H,40,41)/t28?,33?,34?,35-,36-,37+,38-,39-/m1/s1. The van der Waals surface area contributed by atoms with Gasteiger partial charge in [0.15, 0.2) is 6.29 Å². The predicted molar refractivity (Wildman–Crippen MR) is 179 cm³/mol. The predicted octanol–water partition coefficient (Wildman–Crippen LogP) is 7.08. The van der Waals surface area contributed by atoms with Gasteiger partial charge in [0.1, 0.15) is 24.4 Å². The highest BCUT2D eigenvalue weighted by molar-refractivity contribution is 5.73. The van der Waals surface area contributed by atoms with Crippen molar-refractivity contribution in [3.63, 3.8) is 0 Å². The molecule has 7 nitrogen and oxygen atoms in total. The van der Waals surface area contributed by atoms with Crippen LogP contribution >= 0.6 is 0 Å². The highest BCUT2D eigenvalue weighted by Gasteiger charge is 2.50. The third-order valence-corrected chi connectivity index (χ3v) is 9.25. The molecule has 0 aromatic heterocycles. The molecule has 2 fully saturated rings. The lowest BCUT2D eigenvalue weighted by atomic mass is 9.75. The molecule has 1 aliphatic carbocycles. The maximum absolute atomic E-state index is 12.7. The zero-order valence-electron chi connectivity index (χ0n) is 27.8. The molecule has 5 rings (SSSR count). The van der Waals surface area contributed by atoms with Gasteiger partial charge in [-0.25, -0.2) is 0 Å². The van der Waals surface area contributed by atoms with Gasteiger partial charge in [-0.1, -0.05) is 118 Å². The average Bonchev–Trinajstić information content (AvgIpc) is 3.05. The zero-order valence-corrected chi connectivity index (χ0v) is 27.8. The first-order chi connectivity index (χ1) is 22.4. The molecule has 0 bridgehead atoms. The molecule has 1 saturated heterocycles. The number of carbonyl (C=O) groups is 1. The number of hydrogen-bond acceptors (Lipinski definition) is 6. The molecule has 1 heterocycles. The normalized spacial score (nSPS) is 28.2. The van der Waals surface area contributed by atoms with Gasteiger partial charge < -0.3 is 29.0 Å². The van der Waals surface area contributed by atoms with E-state index in [1.165, 1.54) is 13.3 Å². The topological polar surface area (TPSA) is 75.3 Å². The Balaban J connectivity index is 1.45. The number of carbonyl (C=O) groups excluding carboxylic acids is 1. The molecule has 8 atom stereocenters. The minimum Gasteiger partial charge on any atom is -0.374 e. The maximum Gasteiger partial charge on any atom is 0.217 e. The van der Waals surface area contributed by atoms with Gasteiger partial charge in [-0.3, -0.25) is 4.79 Å². The summed E-state index contributed by atoms with van der Waals surface area (Å²) in [5.74, 6) is 1.26. The van der Waals surface area contributed by atoms with Crippen LogP contribution in [0.4, 0.5) is 0 Å². The Morgan fingerprint density at radius 3 is 1.89 bits per heavy atom. The van der Waals surface area contributed by atoms with E-state index in [1.54, 1.807) is 0 Å².